The van der Waals surface area contributed by atoms with Crippen molar-refractivity contribution in [1.29, 1.82) is 0 Å². The van der Waals surface area contributed by atoms with Crippen molar-refractivity contribution in [3.8, 4) is 5.75 Å². The minimum absolute atomic E-state index is 0. The van der Waals surface area contributed by atoms with Gasteiger partial charge in [-0.1, -0.05) is 6.92 Å². The normalized spacial score (nSPS) is 10.8. The summed E-state index contributed by atoms with van der Waals surface area (Å²) in [5.74, 6) is 1.07. The fourth-order valence-corrected chi connectivity index (χ4v) is 1.69. The summed E-state index contributed by atoms with van der Waals surface area (Å²) in [7, 11) is 0. The second-order valence-electron chi connectivity index (χ2n) is 4.07. The van der Waals surface area contributed by atoms with Gasteiger partial charge in [-0.15, -0.1) is 0 Å². The van der Waals surface area contributed by atoms with E-state index in [2.05, 4.69) is 12.2 Å². The monoisotopic (exact) mass is 249 g/mol. The molecule has 1 aromatic carbocycles. The summed E-state index contributed by atoms with van der Waals surface area (Å²) >= 11 is 0. The number of fused-ring (bicyclic) bond motifs is 1. The topological polar surface area (TPSA) is 51.5 Å². The van der Waals surface area contributed by atoms with E-state index < -0.39 is 0 Å². The molecule has 2 rings (SSSR count). The van der Waals surface area contributed by atoms with Crippen molar-refractivity contribution in [2.45, 2.75) is 13.8 Å². The highest BCUT2D eigenvalue weighted by molar-refractivity contribution is 5.96. The predicted molar refractivity (Wildman–Crippen MR) is 72.4 cm³/mol. The van der Waals surface area contributed by atoms with Crippen molar-refractivity contribution < 1.29 is 15.4 Å². The fourth-order valence-electron chi connectivity index (χ4n) is 1.69. The molecule has 0 unspecified atom stereocenters. The van der Waals surface area contributed by atoms with Crippen LogP contribution in [0.2, 0.25) is 0 Å². The third-order valence-corrected chi connectivity index (χ3v) is 2.64. The average molecular weight is 249 g/mol. The summed E-state index contributed by atoms with van der Waals surface area (Å²) in [5, 5.41) is 4.10. The van der Waals surface area contributed by atoms with E-state index in [0.29, 0.717) is 18.0 Å². The molecule has 18 heavy (non-hydrogen) atoms. The average Bonchev–Trinajstić information content (AvgIpc) is 2.78. The van der Waals surface area contributed by atoms with Gasteiger partial charge in [-0.3, -0.25) is 4.79 Å². The van der Waals surface area contributed by atoms with Gasteiger partial charge >= 0.3 is 0 Å². The number of likely N-dealkylation sites (N-methyl/N-ethyl adjacent to an activating group) is 1. The van der Waals surface area contributed by atoms with Gasteiger partial charge in [-0.2, -0.15) is 0 Å². The first-order valence-corrected chi connectivity index (χ1v) is 6.08. The molecule has 1 N–H and O–H groups in total. The van der Waals surface area contributed by atoms with Crippen LogP contribution in [-0.2, 0) is 0 Å². The first-order valence-electron chi connectivity index (χ1n) is 6.08. The molecule has 0 spiro atoms. The van der Waals surface area contributed by atoms with E-state index in [-0.39, 0.29) is 7.21 Å². The Labute approximate surface area is 107 Å². The molecule has 1 aromatic heterocycles. The highest BCUT2D eigenvalue weighted by atomic mass is 16.5. The van der Waals surface area contributed by atoms with Crippen LogP contribution < -0.4 is 10.1 Å². The molecule has 2 aromatic rings. The van der Waals surface area contributed by atoms with Crippen molar-refractivity contribution in [2.75, 3.05) is 19.7 Å². The van der Waals surface area contributed by atoms with Gasteiger partial charge in [-0.25, -0.2) is 0 Å². The number of furan rings is 1. The molecule has 98 valence electrons. The maximum atomic E-state index is 11.2. The van der Waals surface area contributed by atoms with Crippen LogP contribution in [0, 0.1) is 0 Å². The molecule has 4 heteroatoms. The van der Waals surface area contributed by atoms with E-state index in [0.717, 1.165) is 24.2 Å². The van der Waals surface area contributed by atoms with Crippen molar-refractivity contribution >= 4 is 16.8 Å². The Balaban J connectivity index is 0.00000180. The van der Waals surface area contributed by atoms with Crippen molar-refractivity contribution in [3.63, 3.8) is 0 Å². The maximum absolute atomic E-state index is 11.2. The van der Waals surface area contributed by atoms with Gasteiger partial charge in [0.25, 0.3) is 0 Å². The fraction of sp³-hybridized carbons (Fsp3) is 0.357. The molecule has 0 aliphatic heterocycles. The Morgan fingerprint density at radius 1 is 1.44 bits per heavy atom. The zero-order valence-electron chi connectivity index (χ0n) is 10.7. The Kier molecular flexibility index (Phi) is 3.99. The molecule has 0 amide bonds. The van der Waals surface area contributed by atoms with Crippen LogP contribution in [0.15, 0.2) is 28.7 Å². The quantitative estimate of drug-likeness (QED) is 0.631. The van der Waals surface area contributed by atoms with E-state index in [1.165, 1.54) is 6.92 Å². The number of benzene rings is 1. The van der Waals surface area contributed by atoms with E-state index in [4.69, 9.17) is 9.15 Å². The molecule has 0 atom stereocenters. The summed E-state index contributed by atoms with van der Waals surface area (Å²) in [6.07, 6.45) is 0. The SMILES string of the molecule is CCNCCOc1ccc2cc(C(C)=O)oc2c1.[HH]. The lowest BCUT2D eigenvalue weighted by atomic mass is 10.2. The summed E-state index contributed by atoms with van der Waals surface area (Å²) < 4.78 is 11.0. The smallest absolute Gasteiger partial charge is 0.194 e. The van der Waals surface area contributed by atoms with Crippen LogP contribution in [0.5, 0.6) is 5.75 Å². The van der Waals surface area contributed by atoms with E-state index in [1.54, 1.807) is 6.07 Å². The van der Waals surface area contributed by atoms with Crippen LogP contribution in [-0.4, -0.2) is 25.5 Å². The van der Waals surface area contributed by atoms with Crippen LogP contribution in [0.4, 0.5) is 0 Å². The van der Waals surface area contributed by atoms with Gasteiger partial charge in [0.1, 0.15) is 17.9 Å². The number of hydrogen-bond donors (Lipinski definition) is 1. The molecular weight excluding hydrogens is 230 g/mol. The maximum Gasteiger partial charge on any atom is 0.194 e. The Morgan fingerprint density at radius 3 is 3.00 bits per heavy atom. The third-order valence-electron chi connectivity index (χ3n) is 2.64. The Bertz CT molecular complexity index is 551. The minimum atomic E-state index is -0.0687. The van der Waals surface area contributed by atoms with Crippen LogP contribution in [0.1, 0.15) is 25.8 Å². The van der Waals surface area contributed by atoms with Gasteiger partial charge in [0, 0.05) is 26.3 Å². The van der Waals surface area contributed by atoms with Gasteiger partial charge in [0.15, 0.2) is 11.5 Å². The second-order valence-corrected chi connectivity index (χ2v) is 4.07. The second kappa shape index (κ2) is 5.69. The first kappa shape index (κ1) is 12.6. The van der Waals surface area contributed by atoms with Crippen molar-refractivity contribution in [2.24, 2.45) is 0 Å². The zero-order valence-corrected chi connectivity index (χ0v) is 10.7. The minimum Gasteiger partial charge on any atom is -0.492 e. The van der Waals surface area contributed by atoms with Gasteiger partial charge in [-0.05, 0) is 24.7 Å². The number of Topliss-reactive ketones (excluding diaryl/α,β-unsaturated/α-hetero) is 1. The molecule has 1 heterocycles. The van der Waals surface area contributed by atoms with Gasteiger partial charge in [0.05, 0.1) is 0 Å². The lowest BCUT2D eigenvalue weighted by Crippen LogP contribution is -2.20. The molecule has 0 radical (unpaired) electrons. The van der Waals surface area contributed by atoms with E-state index in [9.17, 15) is 4.79 Å². The van der Waals surface area contributed by atoms with Crippen molar-refractivity contribution in [1.82, 2.24) is 5.32 Å². The lowest BCUT2D eigenvalue weighted by molar-refractivity contribution is 0.0989. The number of hydrogen-bond acceptors (Lipinski definition) is 4. The molecule has 0 aliphatic carbocycles. The van der Waals surface area contributed by atoms with Crippen molar-refractivity contribution in [3.05, 3.63) is 30.0 Å². The Morgan fingerprint density at radius 2 is 2.28 bits per heavy atom. The number of carbonyl (C=O) groups excluding carboxylic acids is 1. The molecule has 0 fully saturated rings. The first-order chi connectivity index (χ1) is 8.70. The molecule has 0 bridgehead atoms. The van der Waals surface area contributed by atoms with Crippen LogP contribution >= 0.6 is 0 Å². The van der Waals surface area contributed by atoms with Gasteiger partial charge < -0.3 is 14.5 Å². The van der Waals surface area contributed by atoms with Crippen LogP contribution in [0.3, 0.4) is 0 Å². The van der Waals surface area contributed by atoms with E-state index >= 15 is 0 Å². The summed E-state index contributed by atoms with van der Waals surface area (Å²) in [5.41, 5.74) is 0.682. The number of ether oxygens (including phenoxy) is 1. The Hall–Kier alpha value is -1.81. The molecule has 0 saturated heterocycles. The lowest BCUT2D eigenvalue weighted by Gasteiger charge is -2.05. The summed E-state index contributed by atoms with van der Waals surface area (Å²) in [4.78, 5) is 11.2. The number of carbonyl (C=O) groups is 1. The summed E-state index contributed by atoms with van der Waals surface area (Å²) in [6, 6.07) is 7.34. The van der Waals surface area contributed by atoms with E-state index in [1.807, 2.05) is 18.2 Å². The molecule has 0 aliphatic rings. The highest BCUT2D eigenvalue weighted by Crippen LogP contribution is 2.24. The molecular formula is C14H19NO3. The number of ketones is 1. The molecule has 0 saturated carbocycles. The van der Waals surface area contributed by atoms with Gasteiger partial charge in [0.2, 0.25) is 0 Å². The van der Waals surface area contributed by atoms with Crippen LogP contribution in [0.25, 0.3) is 11.0 Å². The predicted octanol–water partition coefficient (Wildman–Crippen LogP) is 2.87. The largest absolute Gasteiger partial charge is 0.492 e. The highest BCUT2D eigenvalue weighted by Gasteiger charge is 2.08. The zero-order chi connectivity index (χ0) is 13.0. The summed E-state index contributed by atoms with van der Waals surface area (Å²) in [6.45, 7) is 5.90. The standard InChI is InChI=1S/C14H17NO3.H2/c1-3-15-6-7-17-12-5-4-11-8-13(10(2)16)18-14(11)9-12;/h4-5,8-9,15H,3,6-7H2,1-2H3;1H. The number of nitrogens with one attached hydrogen (secondary N) is 1. The number of rotatable bonds is 6. The third kappa shape index (κ3) is 2.90. The molecule has 4 nitrogen and oxygen atoms in total.